The standard InChI is InChI=1S/C28H38N4O2/c1-3-26(30-27(33)20(2)29)28(34)32-18-24(22-12-8-5-9-13-22)16-25(32)19-31-15-14-23(17-31)21-10-6-4-7-11-21/h4-13,20,23-26H,3,14-19,29H2,1-2H3,(H,30,33)/t20?,23?,24-,25-,26?/m0/s1. The number of nitrogens with zero attached hydrogens (tertiary/aromatic N) is 2. The first-order valence-corrected chi connectivity index (χ1v) is 12.6. The van der Waals surface area contributed by atoms with Crippen molar-refractivity contribution in [1.29, 1.82) is 0 Å². The molecule has 2 aliphatic heterocycles. The van der Waals surface area contributed by atoms with E-state index in [1.807, 2.05) is 17.9 Å². The van der Waals surface area contributed by atoms with Crippen molar-refractivity contribution in [3.05, 3.63) is 71.8 Å². The van der Waals surface area contributed by atoms with E-state index in [1.54, 1.807) is 6.92 Å². The lowest BCUT2D eigenvalue weighted by Gasteiger charge is -2.31. The molecule has 5 atom stereocenters. The summed E-state index contributed by atoms with van der Waals surface area (Å²) in [5, 5.41) is 2.87. The highest BCUT2D eigenvalue weighted by Gasteiger charge is 2.40. The summed E-state index contributed by atoms with van der Waals surface area (Å²) in [6.07, 6.45) is 2.64. The highest BCUT2D eigenvalue weighted by atomic mass is 16.2. The van der Waals surface area contributed by atoms with Crippen LogP contribution in [0.25, 0.3) is 0 Å². The van der Waals surface area contributed by atoms with Crippen molar-refractivity contribution < 1.29 is 9.59 Å². The van der Waals surface area contributed by atoms with E-state index in [4.69, 9.17) is 5.73 Å². The predicted molar refractivity (Wildman–Crippen MR) is 135 cm³/mol. The third-order valence-electron chi connectivity index (χ3n) is 7.42. The molecule has 6 heteroatoms. The van der Waals surface area contributed by atoms with Gasteiger partial charge in [-0.3, -0.25) is 9.59 Å². The van der Waals surface area contributed by atoms with Gasteiger partial charge < -0.3 is 20.9 Å². The minimum atomic E-state index is -0.632. The number of rotatable bonds is 8. The summed E-state index contributed by atoms with van der Waals surface area (Å²) in [6, 6.07) is 20.2. The van der Waals surface area contributed by atoms with Crippen molar-refractivity contribution in [2.75, 3.05) is 26.2 Å². The first kappa shape index (κ1) is 24.4. The average molecular weight is 463 g/mol. The number of nitrogens with two attached hydrogens (primary N) is 1. The normalized spacial score (nSPS) is 24.7. The van der Waals surface area contributed by atoms with Crippen molar-refractivity contribution in [2.45, 2.75) is 63.1 Å². The number of amides is 2. The van der Waals surface area contributed by atoms with Crippen molar-refractivity contribution in [3.63, 3.8) is 0 Å². The molecule has 0 radical (unpaired) electrons. The van der Waals surface area contributed by atoms with Crippen LogP contribution < -0.4 is 11.1 Å². The molecule has 3 N–H and O–H groups in total. The zero-order valence-electron chi connectivity index (χ0n) is 20.4. The Bertz CT molecular complexity index is 949. The smallest absolute Gasteiger partial charge is 0.245 e. The molecule has 0 aliphatic carbocycles. The van der Waals surface area contributed by atoms with Gasteiger partial charge in [0.25, 0.3) is 0 Å². The largest absolute Gasteiger partial charge is 0.343 e. The number of likely N-dealkylation sites (tertiary alicyclic amines) is 2. The molecule has 2 aromatic rings. The van der Waals surface area contributed by atoms with E-state index in [-0.39, 0.29) is 17.9 Å². The molecular weight excluding hydrogens is 424 g/mol. The van der Waals surface area contributed by atoms with E-state index in [0.29, 0.717) is 24.8 Å². The molecule has 2 aliphatic rings. The predicted octanol–water partition coefficient (Wildman–Crippen LogP) is 3.10. The molecule has 2 aromatic carbocycles. The van der Waals surface area contributed by atoms with Gasteiger partial charge in [-0.1, -0.05) is 67.6 Å². The molecule has 6 nitrogen and oxygen atoms in total. The Hall–Kier alpha value is -2.70. The lowest BCUT2D eigenvalue weighted by molar-refractivity contribution is -0.137. The summed E-state index contributed by atoms with van der Waals surface area (Å²) in [5.41, 5.74) is 8.42. The van der Waals surface area contributed by atoms with Gasteiger partial charge in [-0.25, -0.2) is 0 Å². The molecule has 2 fully saturated rings. The molecule has 2 heterocycles. The molecule has 0 saturated carbocycles. The van der Waals surface area contributed by atoms with Crippen molar-refractivity contribution in [3.8, 4) is 0 Å². The SMILES string of the molecule is CCC(NC(=O)C(C)N)C(=O)N1C[C@@H](c2ccccc2)C[C@H]1CN1CCC(c2ccccc2)C1. The third kappa shape index (κ3) is 5.68. The quantitative estimate of drug-likeness (QED) is 0.632. The lowest BCUT2D eigenvalue weighted by Crippen LogP contribution is -2.54. The molecule has 0 bridgehead atoms. The number of hydrogen-bond acceptors (Lipinski definition) is 4. The molecule has 0 aromatic heterocycles. The third-order valence-corrected chi connectivity index (χ3v) is 7.42. The van der Waals surface area contributed by atoms with Gasteiger partial charge in [-0.2, -0.15) is 0 Å². The molecular formula is C28H38N4O2. The highest BCUT2D eigenvalue weighted by Crippen LogP contribution is 2.34. The van der Waals surface area contributed by atoms with E-state index < -0.39 is 12.1 Å². The summed E-state index contributed by atoms with van der Waals surface area (Å²) in [5.74, 6) is 0.592. The van der Waals surface area contributed by atoms with E-state index in [1.165, 1.54) is 11.1 Å². The van der Waals surface area contributed by atoms with Gasteiger partial charge in [0.1, 0.15) is 6.04 Å². The van der Waals surface area contributed by atoms with Crippen molar-refractivity contribution in [1.82, 2.24) is 15.1 Å². The fraction of sp³-hybridized carbons (Fsp3) is 0.500. The Kier molecular flexibility index (Phi) is 8.01. The van der Waals surface area contributed by atoms with Gasteiger partial charge in [0.15, 0.2) is 0 Å². The monoisotopic (exact) mass is 462 g/mol. The minimum absolute atomic E-state index is 0.0127. The molecule has 182 valence electrons. The maximum Gasteiger partial charge on any atom is 0.245 e. The van der Waals surface area contributed by atoms with E-state index in [2.05, 4.69) is 64.8 Å². The van der Waals surface area contributed by atoms with Crippen LogP contribution in [0.3, 0.4) is 0 Å². The van der Waals surface area contributed by atoms with E-state index >= 15 is 0 Å². The van der Waals surface area contributed by atoms with Crippen LogP contribution in [0.1, 0.15) is 56.1 Å². The number of carbonyl (C=O) groups is 2. The highest BCUT2D eigenvalue weighted by molar-refractivity contribution is 5.89. The Morgan fingerprint density at radius 2 is 1.62 bits per heavy atom. The molecule has 2 amide bonds. The van der Waals surface area contributed by atoms with Crippen LogP contribution in [-0.2, 0) is 9.59 Å². The second kappa shape index (κ2) is 11.2. The number of carbonyl (C=O) groups excluding carboxylic acids is 2. The van der Waals surface area contributed by atoms with Gasteiger partial charge in [0.05, 0.1) is 6.04 Å². The summed E-state index contributed by atoms with van der Waals surface area (Å²) < 4.78 is 0. The van der Waals surface area contributed by atoms with E-state index in [0.717, 1.165) is 32.5 Å². The number of benzene rings is 2. The first-order valence-electron chi connectivity index (χ1n) is 12.6. The summed E-state index contributed by atoms with van der Waals surface area (Å²) in [4.78, 5) is 30.4. The maximum absolute atomic E-state index is 13.6. The zero-order chi connectivity index (χ0) is 24.1. The molecule has 0 spiro atoms. The number of hydrogen-bond donors (Lipinski definition) is 2. The van der Waals surface area contributed by atoms with Gasteiger partial charge in [-0.15, -0.1) is 0 Å². The van der Waals surface area contributed by atoms with Crippen LogP contribution in [0.2, 0.25) is 0 Å². The van der Waals surface area contributed by atoms with Crippen LogP contribution in [-0.4, -0.2) is 65.9 Å². The first-order chi connectivity index (χ1) is 16.5. The second-order valence-corrected chi connectivity index (χ2v) is 9.90. The van der Waals surface area contributed by atoms with E-state index in [9.17, 15) is 9.59 Å². The molecule has 34 heavy (non-hydrogen) atoms. The van der Waals surface area contributed by atoms with Gasteiger partial charge in [0.2, 0.25) is 11.8 Å². The Labute approximate surface area is 203 Å². The van der Waals surface area contributed by atoms with Crippen LogP contribution in [0.15, 0.2) is 60.7 Å². The fourth-order valence-electron chi connectivity index (χ4n) is 5.46. The van der Waals surface area contributed by atoms with Crippen LogP contribution in [0.5, 0.6) is 0 Å². The Morgan fingerprint density at radius 3 is 2.21 bits per heavy atom. The summed E-state index contributed by atoms with van der Waals surface area (Å²) in [6.45, 7) is 7.22. The Balaban J connectivity index is 1.48. The van der Waals surface area contributed by atoms with Crippen LogP contribution >= 0.6 is 0 Å². The van der Waals surface area contributed by atoms with Crippen molar-refractivity contribution in [2.24, 2.45) is 5.73 Å². The summed E-state index contributed by atoms with van der Waals surface area (Å²) >= 11 is 0. The lowest BCUT2D eigenvalue weighted by atomic mass is 9.96. The van der Waals surface area contributed by atoms with Crippen molar-refractivity contribution >= 4 is 11.8 Å². The maximum atomic E-state index is 13.6. The fourth-order valence-corrected chi connectivity index (χ4v) is 5.46. The minimum Gasteiger partial charge on any atom is -0.343 e. The number of nitrogens with one attached hydrogen (secondary N) is 1. The van der Waals surface area contributed by atoms with Crippen LogP contribution in [0.4, 0.5) is 0 Å². The second-order valence-electron chi connectivity index (χ2n) is 9.90. The zero-order valence-corrected chi connectivity index (χ0v) is 20.4. The molecule has 3 unspecified atom stereocenters. The molecule has 2 saturated heterocycles. The van der Waals surface area contributed by atoms with Gasteiger partial charge in [-0.05, 0) is 49.8 Å². The van der Waals surface area contributed by atoms with Gasteiger partial charge >= 0.3 is 0 Å². The van der Waals surface area contributed by atoms with Crippen LogP contribution in [0, 0.1) is 0 Å². The average Bonchev–Trinajstić information content (AvgIpc) is 3.51. The van der Waals surface area contributed by atoms with Gasteiger partial charge in [0, 0.05) is 31.6 Å². The Morgan fingerprint density at radius 1 is 1.00 bits per heavy atom. The topological polar surface area (TPSA) is 78.7 Å². The molecule has 4 rings (SSSR count). The summed E-state index contributed by atoms with van der Waals surface area (Å²) in [7, 11) is 0.